The topological polar surface area (TPSA) is 61.4 Å². The smallest absolute Gasteiger partial charge is 0.222 e. The van der Waals surface area contributed by atoms with Gasteiger partial charge in [0.15, 0.2) is 0 Å². The van der Waals surface area contributed by atoms with Gasteiger partial charge >= 0.3 is 0 Å². The van der Waals surface area contributed by atoms with E-state index in [1.807, 2.05) is 25.8 Å². The van der Waals surface area contributed by atoms with Crippen LogP contribution in [0, 0.1) is 0 Å². The van der Waals surface area contributed by atoms with E-state index in [-0.39, 0.29) is 17.9 Å². The molecule has 0 aromatic rings. The van der Waals surface area contributed by atoms with Gasteiger partial charge in [-0.15, -0.1) is 0 Å². The monoisotopic (exact) mass is 269 g/mol. The van der Waals surface area contributed by atoms with Crippen molar-refractivity contribution >= 4 is 11.8 Å². The molecule has 0 saturated carbocycles. The van der Waals surface area contributed by atoms with Gasteiger partial charge in [-0.2, -0.15) is 0 Å². The van der Waals surface area contributed by atoms with Crippen LogP contribution in [0.3, 0.4) is 0 Å². The number of amides is 2. The van der Waals surface area contributed by atoms with Crippen molar-refractivity contribution in [3.05, 3.63) is 0 Å². The van der Waals surface area contributed by atoms with E-state index in [4.69, 9.17) is 0 Å². The average molecular weight is 269 g/mol. The molecule has 1 aliphatic rings. The molecule has 0 aliphatic carbocycles. The standard InChI is InChI=1S/C14H27N3O2/c1-11(2)16-13(18)7-4-8-14(19)17-9-5-6-12(10-17)15-3/h11-12,15H,4-10H2,1-3H3,(H,16,18). The van der Waals surface area contributed by atoms with E-state index >= 15 is 0 Å². The first-order chi connectivity index (χ1) is 9.02. The maximum absolute atomic E-state index is 12.0. The van der Waals surface area contributed by atoms with Crippen molar-refractivity contribution in [3.8, 4) is 0 Å². The number of nitrogens with one attached hydrogen (secondary N) is 2. The zero-order chi connectivity index (χ0) is 14.3. The average Bonchev–Trinajstić information content (AvgIpc) is 2.37. The lowest BCUT2D eigenvalue weighted by Crippen LogP contribution is -2.46. The van der Waals surface area contributed by atoms with Gasteiger partial charge in [-0.25, -0.2) is 0 Å². The molecule has 1 atom stereocenters. The SMILES string of the molecule is CNC1CCCN(C(=O)CCCC(=O)NC(C)C)C1. The van der Waals surface area contributed by atoms with Gasteiger partial charge in [0.1, 0.15) is 0 Å². The second kappa shape index (κ2) is 8.15. The van der Waals surface area contributed by atoms with Gasteiger partial charge in [-0.3, -0.25) is 9.59 Å². The fourth-order valence-electron chi connectivity index (χ4n) is 2.39. The summed E-state index contributed by atoms with van der Waals surface area (Å²) in [5.74, 6) is 0.215. The van der Waals surface area contributed by atoms with Crippen LogP contribution in [0.1, 0.15) is 46.0 Å². The largest absolute Gasteiger partial charge is 0.354 e. The summed E-state index contributed by atoms with van der Waals surface area (Å²) in [6, 6.07) is 0.587. The number of hydrogen-bond donors (Lipinski definition) is 2. The lowest BCUT2D eigenvalue weighted by atomic mass is 10.1. The summed E-state index contributed by atoms with van der Waals surface area (Å²) in [4.78, 5) is 25.4. The molecule has 0 aromatic heterocycles. The maximum Gasteiger partial charge on any atom is 0.222 e. The molecule has 1 saturated heterocycles. The summed E-state index contributed by atoms with van der Waals surface area (Å²) >= 11 is 0. The highest BCUT2D eigenvalue weighted by Crippen LogP contribution is 2.12. The van der Waals surface area contributed by atoms with Crippen LogP contribution < -0.4 is 10.6 Å². The summed E-state index contributed by atoms with van der Waals surface area (Å²) in [6.45, 7) is 5.53. The van der Waals surface area contributed by atoms with Gasteiger partial charge in [0.2, 0.25) is 11.8 Å². The number of piperidine rings is 1. The van der Waals surface area contributed by atoms with Crippen LogP contribution in [0.25, 0.3) is 0 Å². The van der Waals surface area contributed by atoms with E-state index in [1.165, 1.54) is 0 Å². The molecular weight excluding hydrogens is 242 g/mol. The molecule has 1 rings (SSSR count). The number of rotatable bonds is 6. The minimum absolute atomic E-state index is 0.0366. The molecule has 1 fully saturated rings. The van der Waals surface area contributed by atoms with Gasteiger partial charge in [-0.05, 0) is 40.2 Å². The quantitative estimate of drug-likeness (QED) is 0.753. The van der Waals surface area contributed by atoms with E-state index < -0.39 is 0 Å². The maximum atomic E-state index is 12.0. The molecular formula is C14H27N3O2. The first-order valence-corrected chi connectivity index (χ1v) is 7.27. The van der Waals surface area contributed by atoms with Crippen molar-refractivity contribution in [2.24, 2.45) is 0 Å². The lowest BCUT2D eigenvalue weighted by Gasteiger charge is -2.32. The molecule has 0 bridgehead atoms. The molecule has 1 unspecified atom stereocenters. The Balaban J connectivity index is 2.22. The third-order valence-corrected chi connectivity index (χ3v) is 3.43. The second-order valence-electron chi connectivity index (χ2n) is 5.54. The second-order valence-corrected chi connectivity index (χ2v) is 5.54. The lowest BCUT2D eigenvalue weighted by molar-refractivity contribution is -0.132. The Bertz CT molecular complexity index is 305. The normalized spacial score (nSPS) is 19.6. The minimum atomic E-state index is 0.0366. The van der Waals surface area contributed by atoms with Gasteiger partial charge in [0.25, 0.3) is 0 Å². The molecule has 0 spiro atoms. The Morgan fingerprint density at radius 2 is 2.05 bits per heavy atom. The van der Waals surface area contributed by atoms with Crippen molar-refractivity contribution in [3.63, 3.8) is 0 Å². The van der Waals surface area contributed by atoms with Crippen LogP contribution in [0.2, 0.25) is 0 Å². The molecule has 19 heavy (non-hydrogen) atoms. The van der Waals surface area contributed by atoms with Crippen LogP contribution in [-0.4, -0.2) is 48.9 Å². The molecule has 0 radical (unpaired) electrons. The highest BCUT2D eigenvalue weighted by Gasteiger charge is 2.22. The third kappa shape index (κ3) is 6.05. The van der Waals surface area contributed by atoms with Crippen molar-refractivity contribution in [1.29, 1.82) is 0 Å². The number of likely N-dealkylation sites (N-methyl/N-ethyl adjacent to an activating group) is 1. The van der Waals surface area contributed by atoms with Crippen molar-refractivity contribution < 1.29 is 9.59 Å². The van der Waals surface area contributed by atoms with Crippen molar-refractivity contribution in [2.75, 3.05) is 20.1 Å². The highest BCUT2D eigenvalue weighted by molar-refractivity contribution is 5.79. The highest BCUT2D eigenvalue weighted by atomic mass is 16.2. The Labute approximate surface area is 116 Å². The molecule has 1 aliphatic heterocycles. The van der Waals surface area contributed by atoms with E-state index in [9.17, 15) is 9.59 Å². The van der Waals surface area contributed by atoms with Gasteiger partial charge in [0.05, 0.1) is 0 Å². The Kier molecular flexibility index (Phi) is 6.84. The first kappa shape index (κ1) is 16.0. The van der Waals surface area contributed by atoms with Gasteiger partial charge in [0, 0.05) is 38.0 Å². The van der Waals surface area contributed by atoms with Crippen molar-refractivity contribution in [2.45, 2.75) is 58.0 Å². The Morgan fingerprint density at radius 3 is 2.68 bits per heavy atom. The summed E-state index contributed by atoms with van der Waals surface area (Å²) in [6.07, 6.45) is 3.75. The summed E-state index contributed by atoms with van der Waals surface area (Å²) in [5.41, 5.74) is 0. The van der Waals surface area contributed by atoms with Crippen molar-refractivity contribution in [1.82, 2.24) is 15.5 Å². The summed E-state index contributed by atoms with van der Waals surface area (Å²) < 4.78 is 0. The van der Waals surface area contributed by atoms with Crippen LogP contribution in [0.4, 0.5) is 0 Å². The minimum Gasteiger partial charge on any atom is -0.354 e. The van der Waals surface area contributed by atoms with Gasteiger partial charge < -0.3 is 15.5 Å². The van der Waals surface area contributed by atoms with E-state index in [0.717, 1.165) is 25.9 Å². The predicted octanol–water partition coefficient (Wildman–Crippen LogP) is 0.892. The van der Waals surface area contributed by atoms with Crippen LogP contribution in [0.15, 0.2) is 0 Å². The van der Waals surface area contributed by atoms with E-state index in [0.29, 0.717) is 25.3 Å². The summed E-state index contributed by atoms with van der Waals surface area (Å²) in [5, 5.41) is 6.07. The molecule has 5 heteroatoms. The molecule has 2 amide bonds. The van der Waals surface area contributed by atoms with E-state index in [2.05, 4.69) is 10.6 Å². The molecule has 2 N–H and O–H groups in total. The zero-order valence-electron chi connectivity index (χ0n) is 12.4. The number of nitrogens with zero attached hydrogens (tertiary/aromatic N) is 1. The predicted molar refractivity (Wildman–Crippen MR) is 75.8 cm³/mol. The summed E-state index contributed by atoms with van der Waals surface area (Å²) in [7, 11) is 1.94. The van der Waals surface area contributed by atoms with Crippen LogP contribution in [0.5, 0.6) is 0 Å². The molecule has 0 aromatic carbocycles. The molecule has 5 nitrogen and oxygen atoms in total. The van der Waals surface area contributed by atoms with Crippen LogP contribution >= 0.6 is 0 Å². The number of carbonyl (C=O) groups is 2. The number of carbonyl (C=O) groups excluding carboxylic acids is 2. The number of likely N-dealkylation sites (tertiary alicyclic amines) is 1. The Morgan fingerprint density at radius 1 is 1.32 bits per heavy atom. The first-order valence-electron chi connectivity index (χ1n) is 7.27. The van der Waals surface area contributed by atoms with Gasteiger partial charge in [-0.1, -0.05) is 0 Å². The number of hydrogen-bond acceptors (Lipinski definition) is 3. The third-order valence-electron chi connectivity index (χ3n) is 3.43. The fraction of sp³-hybridized carbons (Fsp3) is 0.857. The van der Waals surface area contributed by atoms with E-state index in [1.54, 1.807) is 0 Å². The Hall–Kier alpha value is -1.10. The molecule has 110 valence electrons. The van der Waals surface area contributed by atoms with Crippen LogP contribution in [-0.2, 0) is 9.59 Å². The molecule has 1 heterocycles. The fourth-order valence-corrected chi connectivity index (χ4v) is 2.39. The zero-order valence-corrected chi connectivity index (χ0v) is 12.4.